The standard InChI is InChI=1S/C17H22ClFN2O3.ClH/c18-13-9-12(1-2-14(13)19)15-10-21(5-8-24-15)17(22)16(20)11-3-6-23-7-4-11;/h1-2,9,11,15-16H,3-8,10,20H2;1H. The molecule has 0 radical (unpaired) electrons. The van der Waals surface area contributed by atoms with E-state index in [1.807, 2.05) is 0 Å². The summed E-state index contributed by atoms with van der Waals surface area (Å²) < 4.78 is 24.4. The predicted octanol–water partition coefficient (Wildman–Crippen LogP) is 2.55. The van der Waals surface area contributed by atoms with Gasteiger partial charge >= 0.3 is 0 Å². The quantitative estimate of drug-likeness (QED) is 0.858. The predicted molar refractivity (Wildman–Crippen MR) is 95.4 cm³/mol. The number of benzene rings is 1. The van der Waals surface area contributed by atoms with Crippen LogP contribution in [-0.2, 0) is 14.3 Å². The maximum Gasteiger partial charge on any atom is 0.239 e. The first-order valence-corrected chi connectivity index (χ1v) is 8.62. The molecule has 0 spiro atoms. The zero-order chi connectivity index (χ0) is 17.1. The lowest BCUT2D eigenvalue weighted by Crippen LogP contribution is -2.52. The number of amides is 1. The summed E-state index contributed by atoms with van der Waals surface area (Å²) in [6.07, 6.45) is 1.31. The van der Waals surface area contributed by atoms with Crippen LogP contribution in [0.2, 0.25) is 5.02 Å². The van der Waals surface area contributed by atoms with E-state index in [1.165, 1.54) is 6.07 Å². The number of hydrogen-bond donors (Lipinski definition) is 1. The summed E-state index contributed by atoms with van der Waals surface area (Å²) >= 11 is 5.84. The summed E-state index contributed by atoms with van der Waals surface area (Å²) in [6.45, 7) is 2.65. The van der Waals surface area contributed by atoms with Crippen molar-refractivity contribution in [2.75, 3.05) is 32.9 Å². The van der Waals surface area contributed by atoms with Crippen molar-refractivity contribution in [3.63, 3.8) is 0 Å². The summed E-state index contributed by atoms with van der Waals surface area (Å²) in [4.78, 5) is 14.5. The van der Waals surface area contributed by atoms with Crippen LogP contribution in [0.15, 0.2) is 18.2 Å². The average molecular weight is 393 g/mol. The number of morpholine rings is 1. The number of carbonyl (C=O) groups excluding carboxylic acids is 1. The van der Waals surface area contributed by atoms with E-state index in [4.69, 9.17) is 26.8 Å². The number of halogens is 3. The van der Waals surface area contributed by atoms with Gasteiger partial charge in [-0.3, -0.25) is 4.79 Å². The lowest BCUT2D eigenvalue weighted by molar-refractivity contribution is -0.142. The monoisotopic (exact) mass is 392 g/mol. The minimum Gasteiger partial charge on any atom is -0.381 e. The molecule has 0 saturated carbocycles. The van der Waals surface area contributed by atoms with Crippen LogP contribution in [0.1, 0.15) is 24.5 Å². The highest BCUT2D eigenvalue weighted by Crippen LogP contribution is 2.27. The van der Waals surface area contributed by atoms with Gasteiger partial charge in [0, 0.05) is 19.8 Å². The molecule has 2 fully saturated rings. The number of carbonyl (C=O) groups is 1. The molecule has 2 N–H and O–H groups in total. The van der Waals surface area contributed by atoms with E-state index in [0.29, 0.717) is 32.9 Å². The topological polar surface area (TPSA) is 64.8 Å². The van der Waals surface area contributed by atoms with E-state index in [2.05, 4.69) is 0 Å². The van der Waals surface area contributed by atoms with Gasteiger partial charge in [0.15, 0.2) is 0 Å². The molecule has 25 heavy (non-hydrogen) atoms. The van der Waals surface area contributed by atoms with Crippen molar-refractivity contribution in [3.05, 3.63) is 34.6 Å². The minimum atomic E-state index is -0.510. The Bertz CT molecular complexity index is 599. The smallest absolute Gasteiger partial charge is 0.239 e. The highest BCUT2D eigenvalue weighted by atomic mass is 35.5. The highest BCUT2D eigenvalue weighted by Gasteiger charge is 2.33. The SMILES string of the molecule is Cl.NC(C(=O)N1CCOC(c2ccc(F)c(Cl)c2)C1)C1CCOCC1. The van der Waals surface area contributed by atoms with Crippen LogP contribution >= 0.6 is 24.0 Å². The lowest BCUT2D eigenvalue weighted by atomic mass is 9.91. The van der Waals surface area contributed by atoms with Gasteiger partial charge in [-0.2, -0.15) is 0 Å². The van der Waals surface area contributed by atoms with Crippen molar-refractivity contribution in [1.82, 2.24) is 4.90 Å². The number of rotatable bonds is 3. The van der Waals surface area contributed by atoms with Crippen molar-refractivity contribution in [2.45, 2.75) is 25.0 Å². The van der Waals surface area contributed by atoms with Crippen LogP contribution in [0.25, 0.3) is 0 Å². The lowest BCUT2D eigenvalue weighted by Gasteiger charge is -2.36. The minimum absolute atomic E-state index is 0. The van der Waals surface area contributed by atoms with E-state index in [1.54, 1.807) is 17.0 Å². The van der Waals surface area contributed by atoms with Gasteiger partial charge in [-0.05, 0) is 36.5 Å². The van der Waals surface area contributed by atoms with E-state index < -0.39 is 11.9 Å². The van der Waals surface area contributed by atoms with Gasteiger partial charge in [0.05, 0.1) is 24.2 Å². The number of ether oxygens (including phenoxy) is 2. The van der Waals surface area contributed by atoms with Crippen molar-refractivity contribution < 1.29 is 18.7 Å². The van der Waals surface area contributed by atoms with Gasteiger partial charge in [-0.15, -0.1) is 12.4 Å². The third-order valence-electron chi connectivity index (χ3n) is 4.75. The maximum atomic E-state index is 13.3. The first-order valence-electron chi connectivity index (χ1n) is 8.25. The van der Waals surface area contributed by atoms with E-state index in [0.717, 1.165) is 18.4 Å². The number of nitrogens with zero attached hydrogens (tertiary/aromatic N) is 1. The molecule has 2 unspecified atom stereocenters. The summed E-state index contributed by atoms with van der Waals surface area (Å²) in [7, 11) is 0. The van der Waals surface area contributed by atoms with Crippen LogP contribution < -0.4 is 5.73 Å². The molecular formula is C17H23Cl2FN2O3. The normalized spacial score (nSPS) is 23.0. The molecule has 8 heteroatoms. The Hall–Kier alpha value is -0.920. The fraction of sp³-hybridized carbons (Fsp3) is 0.588. The zero-order valence-electron chi connectivity index (χ0n) is 13.8. The van der Waals surface area contributed by atoms with Gasteiger partial charge in [0.25, 0.3) is 0 Å². The summed E-state index contributed by atoms with van der Waals surface area (Å²) in [5, 5.41) is 0.0541. The van der Waals surface area contributed by atoms with Crippen molar-refractivity contribution in [1.29, 1.82) is 0 Å². The second-order valence-corrected chi connectivity index (χ2v) is 6.70. The number of nitrogens with two attached hydrogens (primary N) is 1. The van der Waals surface area contributed by atoms with Crippen molar-refractivity contribution >= 4 is 29.9 Å². The van der Waals surface area contributed by atoms with Gasteiger partial charge < -0.3 is 20.1 Å². The molecule has 0 bridgehead atoms. The second-order valence-electron chi connectivity index (χ2n) is 6.29. The Morgan fingerprint density at radius 2 is 2.04 bits per heavy atom. The molecule has 1 aromatic rings. The van der Waals surface area contributed by atoms with Gasteiger partial charge in [-0.25, -0.2) is 4.39 Å². The molecule has 1 amide bonds. The molecular weight excluding hydrogens is 370 g/mol. The summed E-state index contributed by atoms with van der Waals surface area (Å²) in [5.74, 6) is -0.359. The molecule has 140 valence electrons. The average Bonchev–Trinajstić information content (AvgIpc) is 2.63. The van der Waals surface area contributed by atoms with Gasteiger partial charge in [0.1, 0.15) is 11.9 Å². The van der Waals surface area contributed by atoms with Crippen LogP contribution in [0.3, 0.4) is 0 Å². The Morgan fingerprint density at radius 1 is 1.32 bits per heavy atom. The fourth-order valence-electron chi connectivity index (χ4n) is 3.25. The molecule has 2 atom stereocenters. The number of hydrogen-bond acceptors (Lipinski definition) is 4. The molecule has 2 aliphatic heterocycles. The Kier molecular flexibility index (Phi) is 7.46. The second kappa shape index (κ2) is 9.14. The summed E-state index contributed by atoms with van der Waals surface area (Å²) in [5.41, 5.74) is 6.96. The molecule has 2 aliphatic rings. The Labute approximate surface area is 158 Å². The van der Waals surface area contributed by atoms with E-state index in [9.17, 15) is 9.18 Å². The van der Waals surface area contributed by atoms with Crippen LogP contribution in [0, 0.1) is 11.7 Å². The molecule has 2 saturated heterocycles. The van der Waals surface area contributed by atoms with E-state index in [-0.39, 0.29) is 35.4 Å². The molecule has 1 aromatic carbocycles. The summed E-state index contributed by atoms with van der Waals surface area (Å²) in [6, 6.07) is 3.99. The zero-order valence-corrected chi connectivity index (χ0v) is 15.4. The Balaban J connectivity index is 0.00000225. The largest absolute Gasteiger partial charge is 0.381 e. The van der Waals surface area contributed by atoms with Crippen LogP contribution in [0.4, 0.5) is 4.39 Å². The first kappa shape index (κ1) is 20.4. The highest BCUT2D eigenvalue weighted by molar-refractivity contribution is 6.30. The Morgan fingerprint density at radius 3 is 2.72 bits per heavy atom. The van der Waals surface area contributed by atoms with Gasteiger partial charge in [0.2, 0.25) is 5.91 Å². The maximum absolute atomic E-state index is 13.3. The third-order valence-corrected chi connectivity index (χ3v) is 5.04. The van der Waals surface area contributed by atoms with Crippen LogP contribution in [0.5, 0.6) is 0 Å². The molecule has 5 nitrogen and oxygen atoms in total. The third kappa shape index (κ3) is 4.83. The van der Waals surface area contributed by atoms with Gasteiger partial charge in [-0.1, -0.05) is 17.7 Å². The molecule has 2 heterocycles. The van der Waals surface area contributed by atoms with E-state index >= 15 is 0 Å². The molecule has 3 rings (SSSR count). The fourth-order valence-corrected chi connectivity index (χ4v) is 3.44. The van der Waals surface area contributed by atoms with Crippen molar-refractivity contribution in [2.24, 2.45) is 11.7 Å². The first-order chi connectivity index (χ1) is 11.6. The molecule has 0 aliphatic carbocycles. The molecule has 0 aromatic heterocycles. The van der Waals surface area contributed by atoms with Crippen molar-refractivity contribution in [3.8, 4) is 0 Å². The van der Waals surface area contributed by atoms with Crippen LogP contribution in [-0.4, -0.2) is 49.8 Å².